The maximum atomic E-state index is 7.15. The van der Waals surface area contributed by atoms with Crippen LogP contribution < -0.4 is 57.0 Å². The molecule has 9 aromatic rings. The zero-order chi connectivity index (χ0) is 40.0. The summed E-state index contributed by atoms with van der Waals surface area (Å²) >= 11 is 0. The third-order valence-corrected chi connectivity index (χ3v) is 12.4. The van der Waals surface area contributed by atoms with Crippen LogP contribution in [0.4, 0.5) is 51.2 Å². The van der Waals surface area contributed by atoms with E-state index in [-0.39, 0.29) is 112 Å². The first kappa shape index (κ1) is 43.3. The van der Waals surface area contributed by atoms with Crippen LogP contribution in [0.2, 0.25) is 0 Å². The summed E-state index contributed by atoms with van der Waals surface area (Å²) in [5.74, 6) is 2.81. The summed E-state index contributed by atoms with van der Waals surface area (Å²) in [4.78, 5) is 6.88. The summed E-state index contributed by atoms with van der Waals surface area (Å²) in [6, 6.07) is 80.0. The van der Waals surface area contributed by atoms with Crippen molar-refractivity contribution in [1.29, 1.82) is 0 Å². The average molecular weight is 1040 g/mol. The molecule has 10 heteroatoms. The van der Waals surface area contributed by atoms with Crippen LogP contribution in [-0.4, -0.2) is 13.4 Å². The van der Waals surface area contributed by atoms with Crippen LogP contribution >= 0.6 is 0 Å². The van der Waals surface area contributed by atoms with Crippen molar-refractivity contribution >= 4 is 97.4 Å². The van der Waals surface area contributed by atoms with Crippen molar-refractivity contribution in [2.24, 2.45) is 0 Å². The number of rotatable bonds is 5. The number of fused-ring (bicyclic) bond motifs is 8. The third kappa shape index (κ3) is 6.84. The molecule has 4 heterocycles. The summed E-state index contributed by atoms with van der Waals surface area (Å²) in [7, 11) is 0. The van der Waals surface area contributed by atoms with Crippen molar-refractivity contribution in [3.05, 3.63) is 212 Å². The van der Waals surface area contributed by atoms with E-state index < -0.39 is 0 Å². The maximum Gasteiger partial charge on any atom is 0.252 e. The van der Waals surface area contributed by atoms with Gasteiger partial charge in [0.1, 0.15) is 18.2 Å². The molecule has 0 atom stereocenters. The molecule has 0 N–H and O–H groups in total. The van der Waals surface area contributed by atoms with Gasteiger partial charge in [-0.2, -0.15) is 54.2 Å². The minimum absolute atomic E-state index is 0. The summed E-state index contributed by atoms with van der Waals surface area (Å²) < 4.78 is 13.9. The van der Waals surface area contributed by atoms with Crippen LogP contribution in [0.5, 0.6) is 23.0 Å². The van der Waals surface area contributed by atoms with Crippen LogP contribution in [0.3, 0.4) is 0 Å². The third-order valence-electron chi connectivity index (χ3n) is 12.4. The van der Waals surface area contributed by atoms with Crippen LogP contribution in [0.1, 0.15) is 0 Å². The number of ether oxygens (including phenoxy) is 2. The van der Waals surface area contributed by atoms with E-state index in [4.69, 9.17) is 9.47 Å². The Labute approximate surface area is 449 Å². The van der Waals surface area contributed by atoms with Crippen molar-refractivity contribution in [1.82, 2.24) is 0 Å². The monoisotopic (exact) mass is 1040 g/mol. The van der Waals surface area contributed by atoms with Crippen molar-refractivity contribution in [2.45, 2.75) is 0 Å². The number of nitrogens with zero attached hydrogens (tertiary/aromatic N) is 3. The van der Waals surface area contributed by atoms with E-state index >= 15 is 0 Å². The van der Waals surface area contributed by atoms with Gasteiger partial charge in [0.05, 0.1) is 0 Å². The first-order chi connectivity index (χ1) is 30.3. The molecule has 9 aromatic carbocycles. The second kappa shape index (κ2) is 17.7. The molecular weight excluding hydrogens is 1010 g/mol. The average Bonchev–Trinajstić information content (AvgIpc) is 3.32. The molecule has 0 aliphatic carbocycles. The van der Waals surface area contributed by atoms with Crippen LogP contribution in [0, 0.1) is 24.3 Å². The predicted octanol–water partition coefficient (Wildman–Crippen LogP) is 9.16. The summed E-state index contributed by atoms with van der Waals surface area (Å²) in [5, 5.41) is 0. The number of para-hydroxylation sites is 6. The Morgan fingerprint density at radius 3 is 1.55 bits per heavy atom. The number of benzene rings is 9. The summed E-state index contributed by atoms with van der Waals surface area (Å²) in [6.07, 6.45) is 0. The molecule has 4 aliphatic rings. The molecule has 0 saturated carbocycles. The van der Waals surface area contributed by atoms with E-state index in [0.717, 1.165) is 62.0 Å². The molecule has 64 heavy (non-hydrogen) atoms. The van der Waals surface area contributed by atoms with E-state index in [2.05, 4.69) is 168 Å². The molecule has 13 rings (SSSR count). The molecule has 0 spiro atoms. The molecule has 3 radical (unpaired) electrons. The summed E-state index contributed by atoms with van der Waals surface area (Å²) in [6.45, 7) is -0.232. The molecule has 293 valence electrons. The van der Waals surface area contributed by atoms with Gasteiger partial charge in [-0.15, -0.1) is 12.1 Å². The first-order valence-electron chi connectivity index (χ1n) is 20.6. The molecule has 5 nitrogen and oxygen atoms in total. The molecule has 0 unspecified atom stereocenters. The van der Waals surface area contributed by atoms with Crippen LogP contribution in [0.15, 0.2) is 188 Å². The van der Waals surface area contributed by atoms with Gasteiger partial charge < -0.3 is 24.2 Å². The quantitative estimate of drug-likeness (QED) is 0.127. The van der Waals surface area contributed by atoms with E-state index in [0.29, 0.717) is 17.2 Å². The fourth-order valence-corrected chi connectivity index (χ4v) is 9.90. The summed E-state index contributed by atoms with van der Waals surface area (Å²) in [5.41, 5.74) is 15.9. The van der Waals surface area contributed by atoms with E-state index in [1.807, 2.05) is 59.5 Å². The zero-order valence-corrected chi connectivity index (χ0v) is 43.0. The Morgan fingerprint density at radius 2 is 0.922 bits per heavy atom. The Morgan fingerprint density at radius 1 is 0.406 bits per heavy atom. The van der Waals surface area contributed by atoms with E-state index in [1.54, 1.807) is 0 Å². The molecular formula is C54H31B2N3O2Y3-4. The predicted molar refractivity (Wildman–Crippen MR) is 248 cm³/mol. The largest absolute Gasteiger partial charge is 0.508 e. The number of anilines is 9. The Bertz CT molecular complexity index is 3160. The van der Waals surface area contributed by atoms with Crippen molar-refractivity contribution in [3.63, 3.8) is 0 Å². The molecule has 0 aromatic heterocycles. The normalized spacial score (nSPS) is 12.8. The van der Waals surface area contributed by atoms with Gasteiger partial charge in [-0.05, 0) is 64.9 Å². The topological polar surface area (TPSA) is 28.2 Å². The molecule has 0 amide bonds. The maximum absolute atomic E-state index is 7.15. The second-order valence-corrected chi connectivity index (χ2v) is 15.7. The minimum Gasteiger partial charge on any atom is -0.508 e. The second-order valence-electron chi connectivity index (χ2n) is 15.7. The molecule has 0 saturated heterocycles. The van der Waals surface area contributed by atoms with Gasteiger partial charge in [0.25, 0.3) is 6.71 Å². The van der Waals surface area contributed by atoms with Crippen LogP contribution in [0.25, 0.3) is 0 Å². The van der Waals surface area contributed by atoms with Gasteiger partial charge in [0.2, 0.25) is 0 Å². The first-order valence-corrected chi connectivity index (χ1v) is 20.6. The fourth-order valence-electron chi connectivity index (χ4n) is 9.90. The molecule has 0 bridgehead atoms. The Kier molecular flexibility index (Phi) is 12.0. The van der Waals surface area contributed by atoms with Crippen LogP contribution in [-0.2, 0) is 98.1 Å². The van der Waals surface area contributed by atoms with Gasteiger partial charge in [-0.1, -0.05) is 119 Å². The smallest absolute Gasteiger partial charge is 0.252 e. The van der Waals surface area contributed by atoms with Crippen molar-refractivity contribution in [3.8, 4) is 23.0 Å². The SMILES string of the molecule is [Y].[Y].[Y].[c-]1ccccc1N(c1[c-]c2c3c([c-]1)Oc1cc4c(cc1B3c1ccccc1O2)B1c2ccccc2N(c2ccccc2)c2cccc(c21)N4c1ccccc1)c1[c-]cccc1. The van der Waals surface area contributed by atoms with Crippen molar-refractivity contribution < 1.29 is 108 Å². The van der Waals surface area contributed by atoms with Gasteiger partial charge in [0.15, 0.2) is 0 Å². The minimum atomic E-state index is -0.188. The number of hydrogen-bond donors (Lipinski definition) is 0. The Hall–Kier alpha value is -4.58. The zero-order valence-electron chi connectivity index (χ0n) is 34.4. The number of hydrogen-bond acceptors (Lipinski definition) is 5. The van der Waals surface area contributed by atoms with E-state index in [1.165, 1.54) is 27.8 Å². The van der Waals surface area contributed by atoms with E-state index in [9.17, 15) is 0 Å². The van der Waals surface area contributed by atoms with Gasteiger partial charge in [-0.25, -0.2) is 5.46 Å². The molecule has 4 aliphatic heterocycles. The fraction of sp³-hybridized carbons (Fsp3) is 0. The van der Waals surface area contributed by atoms with Crippen molar-refractivity contribution in [2.75, 3.05) is 14.7 Å². The van der Waals surface area contributed by atoms with Gasteiger partial charge in [-0.3, -0.25) is 12.1 Å². The van der Waals surface area contributed by atoms with Gasteiger partial charge >= 0.3 is 0 Å². The van der Waals surface area contributed by atoms with Gasteiger partial charge in [0, 0.05) is 138 Å². The Balaban J connectivity index is 0.00000161. The standard InChI is InChI=1S/C54H31B2N3O2.3Y/c1-5-18-36(19-6-1)57(37-20-7-2-8-21-37)40-32-51-54-52(33-40)61-50-35-48-43(34-44(50)56(54)42-27-14-16-31-49(42)60-51)55-41-26-13-15-28-45(41)58(38-22-9-3-10-23-38)46-29-17-30-47(53(46)55)59(48)39-24-11-4-12-25-39;;;/h1-18,20,22-31,34-35H;;;/q-4;;;. The molecule has 0 fully saturated rings.